The van der Waals surface area contributed by atoms with E-state index < -0.39 is 0 Å². The Labute approximate surface area is 127 Å². The minimum Gasteiger partial charge on any atom is -0.373 e. The Hall–Kier alpha value is -0.0400. The van der Waals surface area contributed by atoms with E-state index in [1.807, 2.05) is 0 Å². The first-order valence-electron chi connectivity index (χ1n) is 9.55. The maximum absolute atomic E-state index is 5.23. The molecule has 1 aliphatic heterocycles. The molecule has 120 valence electrons. The molecule has 1 aliphatic rings. The summed E-state index contributed by atoms with van der Waals surface area (Å²) >= 11 is 0. The first-order chi connectivity index (χ1) is 9.93. The molecule has 0 spiro atoms. The Morgan fingerprint density at radius 2 is 0.950 bits per heavy atom. The number of unbranched alkanes of at least 4 members (excludes halogenated alkanes) is 14. The molecule has 1 atom stereocenters. The van der Waals surface area contributed by atoms with Crippen LogP contribution in [0.25, 0.3) is 0 Å². The van der Waals surface area contributed by atoms with Gasteiger partial charge in [0.2, 0.25) is 0 Å². The van der Waals surface area contributed by atoms with E-state index in [0.717, 1.165) is 6.61 Å². The van der Waals surface area contributed by atoms with Gasteiger partial charge in [0.15, 0.2) is 0 Å². The van der Waals surface area contributed by atoms with Crippen LogP contribution in [0.3, 0.4) is 0 Å². The summed E-state index contributed by atoms with van der Waals surface area (Å²) in [5.41, 5.74) is 0. The fourth-order valence-corrected chi connectivity index (χ4v) is 2.98. The minimum atomic E-state index is 0.650. The Balaban J connectivity index is 1.60. The molecule has 20 heavy (non-hydrogen) atoms. The second kappa shape index (κ2) is 13.9. The number of rotatable bonds is 16. The van der Waals surface area contributed by atoms with Crippen molar-refractivity contribution >= 4 is 0 Å². The van der Waals surface area contributed by atoms with Crippen LogP contribution in [0.4, 0.5) is 0 Å². The molecule has 0 aliphatic carbocycles. The lowest BCUT2D eigenvalue weighted by Crippen LogP contribution is -1.86. The lowest BCUT2D eigenvalue weighted by Gasteiger charge is -2.03. The van der Waals surface area contributed by atoms with Crippen LogP contribution in [0.1, 0.15) is 110 Å². The zero-order chi connectivity index (χ0) is 14.3. The molecule has 1 nitrogen and oxygen atoms in total. The lowest BCUT2D eigenvalue weighted by molar-refractivity contribution is 0.387. The Morgan fingerprint density at radius 3 is 1.30 bits per heavy atom. The summed E-state index contributed by atoms with van der Waals surface area (Å²) < 4.78 is 5.23. The van der Waals surface area contributed by atoms with Crippen LogP contribution in [0.15, 0.2) is 0 Å². The Kier molecular flexibility index (Phi) is 12.5. The average molecular weight is 283 g/mol. The third-order valence-corrected chi connectivity index (χ3v) is 4.53. The quantitative estimate of drug-likeness (QED) is 0.228. The van der Waals surface area contributed by atoms with Gasteiger partial charge in [0.1, 0.15) is 0 Å². The Morgan fingerprint density at radius 1 is 0.600 bits per heavy atom. The van der Waals surface area contributed by atoms with Gasteiger partial charge in [-0.1, -0.05) is 103 Å². The second-order valence-corrected chi connectivity index (χ2v) is 6.69. The molecule has 0 N–H and O–H groups in total. The molecule has 1 rings (SSSR count). The normalized spacial score (nSPS) is 17.6. The zero-order valence-corrected chi connectivity index (χ0v) is 14.0. The molecule has 1 heteroatoms. The van der Waals surface area contributed by atoms with E-state index in [-0.39, 0.29) is 0 Å². The van der Waals surface area contributed by atoms with Crippen LogP contribution < -0.4 is 0 Å². The molecule has 1 heterocycles. The molecular formula is C19H38O. The highest BCUT2D eigenvalue weighted by atomic mass is 16.6. The molecule has 0 bridgehead atoms. The fraction of sp³-hybridized carbons (Fsp3) is 1.00. The second-order valence-electron chi connectivity index (χ2n) is 6.69. The molecule has 0 aromatic carbocycles. The molecule has 0 radical (unpaired) electrons. The number of epoxide rings is 1. The van der Waals surface area contributed by atoms with Gasteiger partial charge in [-0.05, 0) is 6.42 Å². The summed E-state index contributed by atoms with van der Waals surface area (Å²) in [5, 5.41) is 0. The van der Waals surface area contributed by atoms with Crippen molar-refractivity contribution in [2.75, 3.05) is 6.61 Å². The molecule has 1 unspecified atom stereocenters. The van der Waals surface area contributed by atoms with Crippen LogP contribution in [-0.2, 0) is 4.74 Å². The summed E-state index contributed by atoms with van der Waals surface area (Å²) in [7, 11) is 0. The predicted octanol–water partition coefficient (Wildman–Crippen LogP) is 6.65. The molecule has 1 fully saturated rings. The molecule has 0 aromatic rings. The van der Waals surface area contributed by atoms with Gasteiger partial charge in [-0.3, -0.25) is 0 Å². The van der Waals surface area contributed by atoms with Crippen molar-refractivity contribution in [1.29, 1.82) is 0 Å². The first kappa shape index (κ1) is 18.0. The largest absolute Gasteiger partial charge is 0.373 e. The van der Waals surface area contributed by atoms with Gasteiger partial charge in [-0.2, -0.15) is 0 Å². The van der Waals surface area contributed by atoms with E-state index in [1.165, 1.54) is 103 Å². The highest BCUT2D eigenvalue weighted by molar-refractivity contribution is 4.68. The number of hydrogen-bond donors (Lipinski definition) is 0. The van der Waals surface area contributed by atoms with Crippen molar-refractivity contribution in [3.63, 3.8) is 0 Å². The highest BCUT2D eigenvalue weighted by Gasteiger charge is 2.20. The van der Waals surface area contributed by atoms with Crippen molar-refractivity contribution in [3.05, 3.63) is 0 Å². The van der Waals surface area contributed by atoms with E-state index in [9.17, 15) is 0 Å². The topological polar surface area (TPSA) is 12.5 Å². The van der Waals surface area contributed by atoms with Crippen LogP contribution in [0.2, 0.25) is 0 Å². The molecular weight excluding hydrogens is 244 g/mol. The van der Waals surface area contributed by atoms with Crippen molar-refractivity contribution in [2.24, 2.45) is 0 Å². The SMILES string of the molecule is CCCCCCCCCCCCCCCCCC1CO1. The van der Waals surface area contributed by atoms with Crippen molar-refractivity contribution in [1.82, 2.24) is 0 Å². The van der Waals surface area contributed by atoms with E-state index in [1.54, 1.807) is 0 Å². The van der Waals surface area contributed by atoms with Gasteiger partial charge in [0.05, 0.1) is 12.7 Å². The minimum absolute atomic E-state index is 0.650. The standard InChI is InChI=1S/C19H38O/c1-2-3-4-5-6-7-8-9-10-11-12-13-14-15-16-17-19-18-20-19/h19H,2-18H2,1H3. The third-order valence-electron chi connectivity index (χ3n) is 4.53. The lowest BCUT2D eigenvalue weighted by atomic mass is 10.0. The third kappa shape index (κ3) is 13.0. The van der Waals surface area contributed by atoms with Gasteiger partial charge >= 0.3 is 0 Å². The first-order valence-corrected chi connectivity index (χ1v) is 9.55. The summed E-state index contributed by atoms with van der Waals surface area (Å²) in [5.74, 6) is 0. The van der Waals surface area contributed by atoms with Gasteiger partial charge < -0.3 is 4.74 Å². The van der Waals surface area contributed by atoms with E-state index in [2.05, 4.69) is 6.92 Å². The highest BCUT2D eigenvalue weighted by Crippen LogP contribution is 2.18. The monoisotopic (exact) mass is 282 g/mol. The van der Waals surface area contributed by atoms with Crippen molar-refractivity contribution in [3.8, 4) is 0 Å². The van der Waals surface area contributed by atoms with Gasteiger partial charge in [0.25, 0.3) is 0 Å². The summed E-state index contributed by atoms with van der Waals surface area (Å²) in [6.07, 6.45) is 23.8. The maximum atomic E-state index is 5.23. The maximum Gasteiger partial charge on any atom is 0.0810 e. The fourth-order valence-electron chi connectivity index (χ4n) is 2.98. The van der Waals surface area contributed by atoms with E-state index in [0.29, 0.717) is 6.10 Å². The van der Waals surface area contributed by atoms with Gasteiger partial charge in [-0.15, -0.1) is 0 Å². The number of hydrogen-bond acceptors (Lipinski definition) is 1. The summed E-state index contributed by atoms with van der Waals surface area (Å²) in [4.78, 5) is 0. The summed E-state index contributed by atoms with van der Waals surface area (Å²) in [6.45, 7) is 3.33. The van der Waals surface area contributed by atoms with Gasteiger partial charge in [0, 0.05) is 0 Å². The Bertz CT molecular complexity index is 186. The predicted molar refractivity (Wildman–Crippen MR) is 89.3 cm³/mol. The van der Waals surface area contributed by atoms with Gasteiger partial charge in [-0.25, -0.2) is 0 Å². The van der Waals surface area contributed by atoms with Crippen LogP contribution >= 0.6 is 0 Å². The number of ether oxygens (including phenoxy) is 1. The van der Waals surface area contributed by atoms with Crippen LogP contribution in [0, 0.1) is 0 Å². The van der Waals surface area contributed by atoms with Crippen molar-refractivity contribution < 1.29 is 4.74 Å². The average Bonchev–Trinajstić information content (AvgIpc) is 3.27. The van der Waals surface area contributed by atoms with Crippen LogP contribution in [0.5, 0.6) is 0 Å². The molecule has 0 saturated carbocycles. The molecule has 1 saturated heterocycles. The summed E-state index contributed by atoms with van der Waals surface area (Å²) in [6, 6.07) is 0. The van der Waals surface area contributed by atoms with Crippen LogP contribution in [-0.4, -0.2) is 12.7 Å². The van der Waals surface area contributed by atoms with E-state index in [4.69, 9.17) is 4.74 Å². The molecule has 0 amide bonds. The molecule has 0 aromatic heterocycles. The van der Waals surface area contributed by atoms with Crippen molar-refractivity contribution in [2.45, 2.75) is 116 Å². The smallest absolute Gasteiger partial charge is 0.0810 e. The zero-order valence-electron chi connectivity index (χ0n) is 14.0. The van der Waals surface area contributed by atoms with E-state index >= 15 is 0 Å².